The zero-order valence-corrected chi connectivity index (χ0v) is 16.6. The highest BCUT2D eigenvalue weighted by atomic mass is 16.2. The molecule has 0 aliphatic carbocycles. The predicted molar refractivity (Wildman–Crippen MR) is 118 cm³/mol. The van der Waals surface area contributed by atoms with Crippen LogP contribution in [0.5, 0.6) is 0 Å². The van der Waals surface area contributed by atoms with Crippen LogP contribution in [0.3, 0.4) is 0 Å². The van der Waals surface area contributed by atoms with Gasteiger partial charge in [0.25, 0.3) is 5.91 Å². The molecule has 2 N–H and O–H groups in total. The van der Waals surface area contributed by atoms with Crippen molar-refractivity contribution in [2.75, 3.05) is 23.3 Å². The van der Waals surface area contributed by atoms with E-state index in [4.69, 9.17) is 0 Å². The van der Waals surface area contributed by atoms with Crippen LogP contribution in [0, 0.1) is 0 Å². The lowest BCUT2D eigenvalue weighted by Gasteiger charge is -2.16. The average molecular weight is 401 g/mol. The van der Waals surface area contributed by atoms with Gasteiger partial charge in [0.15, 0.2) is 0 Å². The van der Waals surface area contributed by atoms with Crippen LogP contribution in [-0.4, -0.2) is 30.8 Å². The Morgan fingerprint density at radius 1 is 0.933 bits per heavy atom. The third-order valence-corrected chi connectivity index (χ3v) is 5.19. The molecule has 1 aliphatic heterocycles. The second kappa shape index (κ2) is 8.78. The summed E-state index contributed by atoms with van der Waals surface area (Å²) in [5, 5.41) is 7.68. The Hall–Kier alpha value is -3.67. The summed E-state index contributed by atoms with van der Waals surface area (Å²) in [5.41, 5.74) is 2.08. The van der Waals surface area contributed by atoms with Crippen LogP contribution >= 0.6 is 0 Å². The van der Waals surface area contributed by atoms with Crippen LogP contribution in [0.25, 0.3) is 10.8 Å². The Labute approximate surface area is 174 Å². The lowest BCUT2D eigenvalue weighted by molar-refractivity contribution is -0.117. The molecule has 4 rings (SSSR count). The molecule has 3 aromatic rings. The van der Waals surface area contributed by atoms with Gasteiger partial charge in [-0.3, -0.25) is 14.4 Å². The zero-order chi connectivity index (χ0) is 20.9. The van der Waals surface area contributed by atoms with Gasteiger partial charge < -0.3 is 15.5 Å². The van der Waals surface area contributed by atoms with E-state index in [9.17, 15) is 14.4 Å². The number of hydrogen-bond donors (Lipinski definition) is 2. The maximum absolute atomic E-state index is 12.3. The highest BCUT2D eigenvalue weighted by Crippen LogP contribution is 2.23. The van der Waals surface area contributed by atoms with Crippen LogP contribution in [0.15, 0.2) is 66.7 Å². The number of benzene rings is 3. The van der Waals surface area contributed by atoms with Crippen molar-refractivity contribution in [3.63, 3.8) is 0 Å². The topological polar surface area (TPSA) is 78.5 Å². The lowest BCUT2D eigenvalue weighted by atomic mass is 10.1. The molecule has 3 amide bonds. The van der Waals surface area contributed by atoms with Gasteiger partial charge in [-0.25, -0.2) is 0 Å². The Morgan fingerprint density at radius 2 is 1.70 bits per heavy atom. The zero-order valence-electron chi connectivity index (χ0n) is 16.6. The van der Waals surface area contributed by atoms with E-state index in [2.05, 4.69) is 10.6 Å². The molecule has 6 heteroatoms. The van der Waals surface area contributed by atoms with Crippen molar-refractivity contribution in [1.82, 2.24) is 5.32 Å². The number of anilines is 2. The summed E-state index contributed by atoms with van der Waals surface area (Å²) in [5.74, 6) is -0.249. The first kappa shape index (κ1) is 19.6. The van der Waals surface area contributed by atoms with Gasteiger partial charge >= 0.3 is 0 Å². The summed E-state index contributed by atoms with van der Waals surface area (Å²) in [4.78, 5) is 38.1. The van der Waals surface area contributed by atoms with Gasteiger partial charge in [0, 0.05) is 42.9 Å². The standard InChI is InChI=1S/C24H23N3O3/c28-22(26-20-9-11-21(12-10-20)27-15-3-6-23(27)29)13-14-25-24(30)19-8-7-17-4-1-2-5-18(17)16-19/h1-2,4-5,7-12,16H,3,6,13-15H2,(H,25,30)(H,26,28). The van der Waals surface area contributed by atoms with E-state index < -0.39 is 0 Å². The van der Waals surface area contributed by atoms with Crippen molar-refractivity contribution < 1.29 is 14.4 Å². The number of nitrogens with one attached hydrogen (secondary N) is 2. The molecule has 3 aromatic carbocycles. The van der Waals surface area contributed by atoms with E-state index in [0.29, 0.717) is 17.7 Å². The highest BCUT2D eigenvalue weighted by molar-refractivity contribution is 5.99. The summed E-state index contributed by atoms with van der Waals surface area (Å²) in [6, 6.07) is 20.6. The molecule has 0 radical (unpaired) electrons. The second-order valence-corrected chi connectivity index (χ2v) is 7.31. The van der Waals surface area contributed by atoms with Crippen LogP contribution in [0.2, 0.25) is 0 Å². The normalized spacial score (nSPS) is 13.5. The molecular formula is C24H23N3O3. The van der Waals surface area contributed by atoms with Crippen molar-refractivity contribution in [1.29, 1.82) is 0 Å². The fourth-order valence-electron chi connectivity index (χ4n) is 3.59. The molecule has 0 aromatic heterocycles. The summed E-state index contributed by atoms with van der Waals surface area (Å²) >= 11 is 0. The second-order valence-electron chi connectivity index (χ2n) is 7.31. The van der Waals surface area contributed by atoms with E-state index in [-0.39, 0.29) is 30.7 Å². The molecule has 0 bridgehead atoms. The van der Waals surface area contributed by atoms with E-state index in [1.165, 1.54) is 0 Å². The number of fused-ring (bicyclic) bond motifs is 1. The molecule has 0 spiro atoms. The quantitative estimate of drug-likeness (QED) is 0.661. The van der Waals surface area contributed by atoms with Gasteiger partial charge in [0.1, 0.15) is 0 Å². The van der Waals surface area contributed by atoms with Crippen molar-refractivity contribution in [2.24, 2.45) is 0 Å². The number of rotatable bonds is 6. The maximum Gasteiger partial charge on any atom is 0.251 e. The largest absolute Gasteiger partial charge is 0.352 e. The first-order valence-electron chi connectivity index (χ1n) is 10.1. The van der Waals surface area contributed by atoms with Crippen molar-refractivity contribution in [2.45, 2.75) is 19.3 Å². The third kappa shape index (κ3) is 4.49. The Kier molecular flexibility index (Phi) is 5.75. The molecule has 1 fully saturated rings. The van der Waals surface area contributed by atoms with Crippen LogP contribution in [-0.2, 0) is 9.59 Å². The lowest BCUT2D eigenvalue weighted by Crippen LogP contribution is -2.27. The van der Waals surface area contributed by atoms with Crippen molar-refractivity contribution in [3.8, 4) is 0 Å². The molecule has 0 atom stereocenters. The number of carbonyl (C=O) groups is 3. The first-order valence-corrected chi connectivity index (χ1v) is 10.1. The summed E-state index contributed by atoms with van der Waals surface area (Å²) in [6.07, 6.45) is 1.64. The minimum Gasteiger partial charge on any atom is -0.352 e. The van der Waals surface area contributed by atoms with E-state index in [0.717, 1.165) is 29.4 Å². The summed E-state index contributed by atoms with van der Waals surface area (Å²) in [7, 11) is 0. The van der Waals surface area contributed by atoms with Gasteiger partial charge in [-0.05, 0) is 53.6 Å². The Balaban J connectivity index is 1.26. The fourth-order valence-corrected chi connectivity index (χ4v) is 3.59. The number of nitrogens with zero attached hydrogens (tertiary/aromatic N) is 1. The third-order valence-electron chi connectivity index (χ3n) is 5.19. The first-order chi connectivity index (χ1) is 14.6. The van der Waals surface area contributed by atoms with Gasteiger partial charge in [-0.2, -0.15) is 0 Å². The average Bonchev–Trinajstić information content (AvgIpc) is 3.19. The molecule has 6 nitrogen and oxygen atoms in total. The van der Waals surface area contributed by atoms with Crippen LogP contribution in [0.1, 0.15) is 29.6 Å². The highest BCUT2D eigenvalue weighted by Gasteiger charge is 2.21. The van der Waals surface area contributed by atoms with Crippen molar-refractivity contribution in [3.05, 3.63) is 72.3 Å². The van der Waals surface area contributed by atoms with Crippen molar-refractivity contribution >= 4 is 39.9 Å². The molecule has 30 heavy (non-hydrogen) atoms. The van der Waals surface area contributed by atoms with Gasteiger partial charge in [-0.1, -0.05) is 30.3 Å². The van der Waals surface area contributed by atoms with Crippen LogP contribution in [0.4, 0.5) is 11.4 Å². The molecular weight excluding hydrogens is 378 g/mol. The minimum atomic E-state index is -0.201. The predicted octanol–water partition coefficient (Wildman–Crippen LogP) is 3.73. The van der Waals surface area contributed by atoms with Crippen LogP contribution < -0.4 is 15.5 Å². The molecule has 152 valence electrons. The smallest absolute Gasteiger partial charge is 0.251 e. The fraction of sp³-hybridized carbons (Fsp3) is 0.208. The molecule has 0 unspecified atom stereocenters. The number of amides is 3. The summed E-state index contributed by atoms with van der Waals surface area (Å²) < 4.78 is 0. The molecule has 1 aliphatic rings. The Morgan fingerprint density at radius 3 is 2.43 bits per heavy atom. The van der Waals surface area contributed by atoms with Gasteiger partial charge in [0.2, 0.25) is 11.8 Å². The molecule has 0 saturated carbocycles. The molecule has 1 heterocycles. The minimum absolute atomic E-state index is 0.133. The number of carbonyl (C=O) groups excluding carboxylic acids is 3. The van der Waals surface area contributed by atoms with E-state index >= 15 is 0 Å². The molecule has 1 saturated heterocycles. The Bertz CT molecular complexity index is 1090. The van der Waals surface area contributed by atoms with E-state index in [1.807, 2.05) is 48.5 Å². The monoisotopic (exact) mass is 401 g/mol. The summed E-state index contributed by atoms with van der Waals surface area (Å²) in [6.45, 7) is 0.985. The maximum atomic E-state index is 12.3. The number of hydrogen-bond acceptors (Lipinski definition) is 3. The van der Waals surface area contributed by atoms with Gasteiger partial charge in [0.05, 0.1) is 0 Å². The van der Waals surface area contributed by atoms with E-state index in [1.54, 1.807) is 23.1 Å². The SMILES string of the molecule is O=C(CCNC(=O)c1ccc2ccccc2c1)Nc1ccc(N2CCCC2=O)cc1. The van der Waals surface area contributed by atoms with Gasteiger partial charge in [-0.15, -0.1) is 0 Å².